The van der Waals surface area contributed by atoms with Gasteiger partial charge in [-0.2, -0.15) is 11.3 Å². The molecular formula is C10H14N2OS. The van der Waals surface area contributed by atoms with E-state index >= 15 is 0 Å². The van der Waals surface area contributed by atoms with Crippen LogP contribution in [0.2, 0.25) is 0 Å². The van der Waals surface area contributed by atoms with Gasteiger partial charge in [-0.05, 0) is 34.9 Å². The van der Waals surface area contributed by atoms with E-state index in [1.54, 1.807) is 11.3 Å². The zero-order valence-corrected chi connectivity index (χ0v) is 8.93. The largest absolute Gasteiger partial charge is 0.496 e. The van der Waals surface area contributed by atoms with Crippen molar-refractivity contribution in [2.75, 3.05) is 6.61 Å². The van der Waals surface area contributed by atoms with Gasteiger partial charge in [0.1, 0.15) is 11.8 Å². The number of rotatable bonds is 3. The molecule has 1 unspecified atom stereocenters. The first-order chi connectivity index (χ1) is 6.83. The summed E-state index contributed by atoms with van der Waals surface area (Å²) in [5, 5.41) is 4.23. The van der Waals surface area contributed by atoms with Crippen LogP contribution < -0.4 is 11.3 Å². The second-order valence-corrected chi connectivity index (χ2v) is 4.10. The third kappa shape index (κ3) is 1.68. The third-order valence-corrected chi connectivity index (χ3v) is 3.27. The Morgan fingerprint density at radius 2 is 2.43 bits per heavy atom. The lowest BCUT2D eigenvalue weighted by atomic mass is 10.1. The normalized spacial score (nSPS) is 17.7. The average molecular weight is 210 g/mol. The molecule has 0 saturated carbocycles. The van der Waals surface area contributed by atoms with Gasteiger partial charge >= 0.3 is 0 Å². The van der Waals surface area contributed by atoms with Gasteiger partial charge in [0.2, 0.25) is 0 Å². The fraction of sp³-hybridized carbons (Fsp3) is 0.400. The van der Waals surface area contributed by atoms with Crippen LogP contribution in [0.4, 0.5) is 0 Å². The van der Waals surface area contributed by atoms with E-state index < -0.39 is 0 Å². The minimum atomic E-state index is 0.0174. The molecule has 1 aromatic rings. The lowest BCUT2D eigenvalue weighted by Gasteiger charge is -2.17. The van der Waals surface area contributed by atoms with Crippen LogP contribution >= 0.6 is 11.3 Å². The van der Waals surface area contributed by atoms with E-state index in [0.717, 1.165) is 18.8 Å². The predicted molar refractivity (Wildman–Crippen MR) is 57.8 cm³/mol. The molecule has 0 radical (unpaired) electrons. The number of aryl methyl sites for hydroxylation is 1. The van der Waals surface area contributed by atoms with Crippen LogP contribution in [0.15, 0.2) is 22.6 Å². The Balaban J connectivity index is 2.25. The first-order valence-electron chi connectivity index (χ1n) is 4.64. The topological polar surface area (TPSA) is 47.3 Å². The summed E-state index contributed by atoms with van der Waals surface area (Å²) in [5.41, 5.74) is 5.27. The molecule has 1 atom stereocenters. The van der Waals surface area contributed by atoms with Crippen molar-refractivity contribution >= 4 is 11.3 Å². The molecule has 3 N–H and O–H groups in total. The quantitative estimate of drug-likeness (QED) is 0.591. The standard InChI is InChI=1S/C10H14N2OS/c1-7-5-14-6-8(7)10(12-11)9-3-2-4-13-9/h3,5-6,10,12H,2,4,11H2,1H3. The fourth-order valence-corrected chi connectivity index (χ4v) is 2.51. The molecule has 0 bridgehead atoms. The zero-order valence-electron chi connectivity index (χ0n) is 8.12. The second-order valence-electron chi connectivity index (χ2n) is 3.35. The molecule has 0 amide bonds. The lowest BCUT2D eigenvalue weighted by molar-refractivity contribution is 0.215. The van der Waals surface area contributed by atoms with E-state index in [4.69, 9.17) is 10.6 Å². The number of hydrogen-bond acceptors (Lipinski definition) is 4. The minimum absolute atomic E-state index is 0.0174. The Hall–Kier alpha value is -0.840. The van der Waals surface area contributed by atoms with E-state index in [0.29, 0.717) is 0 Å². The van der Waals surface area contributed by atoms with Crippen molar-refractivity contribution in [1.82, 2.24) is 5.43 Å². The molecule has 76 valence electrons. The highest BCUT2D eigenvalue weighted by Crippen LogP contribution is 2.29. The third-order valence-electron chi connectivity index (χ3n) is 2.39. The molecule has 0 fully saturated rings. The van der Waals surface area contributed by atoms with Crippen LogP contribution in [0.25, 0.3) is 0 Å². The van der Waals surface area contributed by atoms with Gasteiger partial charge in [-0.15, -0.1) is 0 Å². The highest BCUT2D eigenvalue weighted by atomic mass is 32.1. The molecular weight excluding hydrogens is 196 g/mol. The Kier molecular flexibility index (Phi) is 2.86. The van der Waals surface area contributed by atoms with Gasteiger partial charge in [-0.1, -0.05) is 0 Å². The maximum atomic E-state index is 5.55. The first kappa shape index (κ1) is 9.71. The van der Waals surface area contributed by atoms with E-state index in [-0.39, 0.29) is 6.04 Å². The minimum Gasteiger partial charge on any atom is -0.496 e. The summed E-state index contributed by atoms with van der Waals surface area (Å²) >= 11 is 1.69. The average Bonchev–Trinajstić information content (AvgIpc) is 2.80. The van der Waals surface area contributed by atoms with E-state index in [1.165, 1.54) is 11.1 Å². The molecule has 1 aromatic heterocycles. The molecule has 0 saturated heterocycles. The van der Waals surface area contributed by atoms with Crippen LogP contribution in [-0.2, 0) is 4.74 Å². The van der Waals surface area contributed by atoms with Gasteiger partial charge in [-0.25, -0.2) is 5.43 Å². The molecule has 0 aliphatic carbocycles. The maximum absolute atomic E-state index is 5.55. The summed E-state index contributed by atoms with van der Waals surface area (Å²) in [5.74, 6) is 6.50. The molecule has 3 nitrogen and oxygen atoms in total. The van der Waals surface area contributed by atoms with Gasteiger partial charge in [0.25, 0.3) is 0 Å². The molecule has 1 aliphatic heterocycles. The second kappa shape index (κ2) is 4.13. The SMILES string of the molecule is Cc1cscc1C(NN)C1=CCCO1. The Labute approximate surface area is 87.5 Å². The fourth-order valence-electron chi connectivity index (χ4n) is 1.63. The highest BCUT2D eigenvalue weighted by Gasteiger charge is 2.21. The molecule has 0 aromatic carbocycles. The van der Waals surface area contributed by atoms with Crippen LogP contribution in [0.5, 0.6) is 0 Å². The number of hydrogen-bond donors (Lipinski definition) is 2. The zero-order chi connectivity index (χ0) is 9.97. The van der Waals surface area contributed by atoms with Gasteiger partial charge < -0.3 is 4.74 Å². The number of nitrogens with two attached hydrogens (primary N) is 1. The van der Waals surface area contributed by atoms with Gasteiger partial charge in [0.15, 0.2) is 0 Å². The Bertz CT molecular complexity index is 346. The number of thiophene rings is 1. The van der Waals surface area contributed by atoms with Gasteiger partial charge in [-0.3, -0.25) is 5.84 Å². The molecule has 14 heavy (non-hydrogen) atoms. The summed E-state index contributed by atoms with van der Waals surface area (Å²) in [6.07, 6.45) is 3.08. The Morgan fingerprint density at radius 1 is 1.57 bits per heavy atom. The van der Waals surface area contributed by atoms with Crippen LogP contribution in [0.3, 0.4) is 0 Å². The van der Waals surface area contributed by atoms with E-state index in [2.05, 4.69) is 29.2 Å². The van der Waals surface area contributed by atoms with Crippen molar-refractivity contribution in [1.29, 1.82) is 0 Å². The van der Waals surface area contributed by atoms with Crippen molar-refractivity contribution in [3.8, 4) is 0 Å². The van der Waals surface area contributed by atoms with Crippen molar-refractivity contribution in [2.24, 2.45) is 5.84 Å². The monoisotopic (exact) mass is 210 g/mol. The molecule has 0 spiro atoms. The van der Waals surface area contributed by atoms with E-state index in [1.807, 2.05) is 0 Å². The van der Waals surface area contributed by atoms with Gasteiger partial charge in [0.05, 0.1) is 6.61 Å². The van der Waals surface area contributed by atoms with Crippen molar-refractivity contribution in [3.05, 3.63) is 33.7 Å². The number of ether oxygens (including phenoxy) is 1. The van der Waals surface area contributed by atoms with Crippen LogP contribution in [0, 0.1) is 6.92 Å². The number of nitrogens with one attached hydrogen (secondary N) is 1. The first-order valence-corrected chi connectivity index (χ1v) is 5.59. The summed E-state index contributed by atoms with van der Waals surface area (Å²) in [4.78, 5) is 0. The molecule has 1 aliphatic rings. The maximum Gasteiger partial charge on any atom is 0.115 e. The highest BCUT2D eigenvalue weighted by molar-refractivity contribution is 7.08. The smallest absolute Gasteiger partial charge is 0.115 e. The van der Waals surface area contributed by atoms with Crippen molar-refractivity contribution in [3.63, 3.8) is 0 Å². The van der Waals surface area contributed by atoms with Crippen LogP contribution in [-0.4, -0.2) is 6.61 Å². The Morgan fingerprint density at radius 3 is 2.93 bits per heavy atom. The molecule has 2 rings (SSSR count). The lowest BCUT2D eigenvalue weighted by Crippen LogP contribution is -2.29. The molecule has 2 heterocycles. The van der Waals surface area contributed by atoms with Crippen molar-refractivity contribution < 1.29 is 4.74 Å². The summed E-state index contributed by atoms with van der Waals surface area (Å²) in [6, 6.07) is 0.0174. The molecule has 4 heteroatoms. The van der Waals surface area contributed by atoms with Gasteiger partial charge in [0, 0.05) is 6.42 Å². The summed E-state index contributed by atoms with van der Waals surface area (Å²) in [6.45, 7) is 2.86. The summed E-state index contributed by atoms with van der Waals surface area (Å²) < 4.78 is 5.51. The van der Waals surface area contributed by atoms with Crippen LogP contribution in [0.1, 0.15) is 23.6 Å². The van der Waals surface area contributed by atoms with Crippen molar-refractivity contribution in [2.45, 2.75) is 19.4 Å². The number of hydrazine groups is 1. The predicted octanol–water partition coefficient (Wildman–Crippen LogP) is 1.87. The van der Waals surface area contributed by atoms with E-state index in [9.17, 15) is 0 Å². The summed E-state index contributed by atoms with van der Waals surface area (Å²) in [7, 11) is 0.